The summed E-state index contributed by atoms with van der Waals surface area (Å²) < 4.78 is 1.02. The molecule has 0 aliphatic rings. The summed E-state index contributed by atoms with van der Waals surface area (Å²) in [7, 11) is 0. The predicted octanol–water partition coefficient (Wildman–Crippen LogP) is 2.17. The molecule has 8 nitrogen and oxygen atoms in total. The number of hydrogen-bond acceptors (Lipinski definition) is 5. The maximum atomic E-state index is 12.1. The molecule has 4 aromatic rings. The Morgan fingerprint density at radius 2 is 1.89 bits per heavy atom. The Kier molecular flexibility index (Phi) is 3.92. The van der Waals surface area contributed by atoms with Crippen LogP contribution in [0.2, 0.25) is 0 Å². The lowest BCUT2D eigenvalue weighted by atomic mass is 10.2. The highest BCUT2D eigenvalue weighted by atomic mass is 16.3. The molecule has 8 heteroatoms. The highest BCUT2D eigenvalue weighted by Gasteiger charge is 2.14. The highest BCUT2D eigenvalue weighted by Crippen LogP contribution is 2.20. The van der Waals surface area contributed by atoms with Gasteiger partial charge in [0.15, 0.2) is 0 Å². The second-order valence-corrected chi connectivity index (χ2v) is 5.95. The molecule has 0 aliphatic heterocycles. The van der Waals surface area contributed by atoms with Gasteiger partial charge in [-0.3, -0.25) is 14.8 Å². The topological polar surface area (TPSA) is 116 Å². The zero-order valence-electron chi connectivity index (χ0n) is 14.3. The maximum Gasteiger partial charge on any atom is 0.335 e. The number of nitrogens with one attached hydrogen (secondary N) is 2. The van der Waals surface area contributed by atoms with Crippen LogP contribution in [0, 0.1) is 6.92 Å². The molecule has 2 heterocycles. The van der Waals surface area contributed by atoms with E-state index in [9.17, 15) is 14.7 Å². The number of nitrogens with zero attached hydrogens (tertiary/aromatic N) is 3. The molecule has 0 saturated heterocycles. The Morgan fingerprint density at radius 1 is 1.11 bits per heavy atom. The number of para-hydroxylation sites is 1. The molecule has 0 spiro atoms. The Bertz CT molecular complexity index is 1280. The number of aliphatic imine (C=N–C) groups is 1. The van der Waals surface area contributed by atoms with Gasteiger partial charge in [0.25, 0.3) is 5.56 Å². The molecular weight excluding hydrogens is 346 g/mol. The number of hydrogen-bond donors (Lipinski definition) is 3. The molecule has 2 aromatic carbocycles. The first-order valence-corrected chi connectivity index (χ1v) is 8.17. The van der Waals surface area contributed by atoms with Crippen LogP contribution in [0.25, 0.3) is 16.7 Å². The third kappa shape index (κ3) is 3.04. The van der Waals surface area contributed by atoms with Crippen LogP contribution in [0.3, 0.4) is 0 Å². The van der Waals surface area contributed by atoms with Crippen molar-refractivity contribution < 1.29 is 5.11 Å². The summed E-state index contributed by atoms with van der Waals surface area (Å²) in [5.41, 5.74) is 1.07. The zero-order valence-corrected chi connectivity index (χ0v) is 14.3. The van der Waals surface area contributed by atoms with Gasteiger partial charge in [0.05, 0.1) is 22.4 Å². The number of fused-ring (bicyclic) bond motifs is 1. The van der Waals surface area contributed by atoms with E-state index >= 15 is 0 Å². The van der Waals surface area contributed by atoms with Gasteiger partial charge in [-0.15, -0.1) is 0 Å². The molecule has 0 bridgehead atoms. The van der Waals surface area contributed by atoms with E-state index in [0.717, 1.165) is 21.4 Å². The molecule has 0 amide bonds. The molecule has 2 aromatic heterocycles. The van der Waals surface area contributed by atoms with Crippen LogP contribution in [0.4, 0.5) is 5.69 Å². The lowest BCUT2D eigenvalue weighted by Gasteiger charge is -2.09. The van der Waals surface area contributed by atoms with Crippen LogP contribution < -0.4 is 11.2 Å². The van der Waals surface area contributed by atoms with Crippen molar-refractivity contribution in [3.8, 4) is 11.6 Å². The summed E-state index contributed by atoms with van der Waals surface area (Å²) in [6.45, 7) is 1.85. The quantitative estimate of drug-likeness (QED) is 0.485. The van der Waals surface area contributed by atoms with Gasteiger partial charge in [-0.25, -0.2) is 14.3 Å². The Balaban J connectivity index is 1.80. The van der Waals surface area contributed by atoms with Crippen molar-refractivity contribution in [1.29, 1.82) is 0 Å². The van der Waals surface area contributed by atoms with Crippen molar-refractivity contribution in [1.82, 2.24) is 19.5 Å². The van der Waals surface area contributed by atoms with Crippen molar-refractivity contribution in [2.24, 2.45) is 4.99 Å². The van der Waals surface area contributed by atoms with Crippen molar-refractivity contribution >= 4 is 22.9 Å². The minimum Gasteiger partial charge on any atom is -0.493 e. The van der Waals surface area contributed by atoms with Gasteiger partial charge in [0, 0.05) is 6.21 Å². The van der Waals surface area contributed by atoms with Gasteiger partial charge in [-0.1, -0.05) is 18.2 Å². The summed E-state index contributed by atoms with van der Waals surface area (Å²) in [6, 6.07) is 13.9. The number of rotatable bonds is 3. The van der Waals surface area contributed by atoms with Crippen LogP contribution in [0.15, 0.2) is 63.1 Å². The van der Waals surface area contributed by atoms with E-state index in [1.54, 1.807) is 48.5 Å². The summed E-state index contributed by atoms with van der Waals surface area (Å²) >= 11 is 0. The summed E-state index contributed by atoms with van der Waals surface area (Å²) in [4.78, 5) is 38.2. The molecule has 3 N–H and O–H groups in total. The second kappa shape index (κ2) is 6.41. The van der Waals surface area contributed by atoms with Gasteiger partial charge in [-0.2, -0.15) is 0 Å². The molecule has 0 atom stereocenters. The first-order chi connectivity index (χ1) is 13.0. The lowest BCUT2D eigenvalue weighted by molar-refractivity contribution is 0.430. The van der Waals surface area contributed by atoms with E-state index in [4.69, 9.17) is 0 Å². The van der Waals surface area contributed by atoms with E-state index < -0.39 is 17.1 Å². The average molecular weight is 361 g/mol. The van der Waals surface area contributed by atoms with Crippen molar-refractivity contribution in [2.45, 2.75) is 6.92 Å². The van der Waals surface area contributed by atoms with Crippen LogP contribution in [0.1, 0.15) is 11.4 Å². The number of aromatic amines is 2. The molecule has 0 unspecified atom stereocenters. The number of H-pyrrole nitrogens is 2. The SMILES string of the molecule is Cc1nc2ccc(N=Cc3c(O)n(-c4ccccc4)c(=O)[nH]c3=O)cc2[nH]1. The largest absolute Gasteiger partial charge is 0.493 e. The minimum atomic E-state index is -0.727. The molecule has 27 heavy (non-hydrogen) atoms. The lowest BCUT2D eigenvalue weighted by Crippen LogP contribution is -2.31. The van der Waals surface area contributed by atoms with Crippen LogP contribution >= 0.6 is 0 Å². The van der Waals surface area contributed by atoms with Crippen molar-refractivity contribution in [3.05, 3.63) is 80.8 Å². The molecule has 0 fully saturated rings. The van der Waals surface area contributed by atoms with Gasteiger partial charge in [-0.05, 0) is 37.3 Å². The van der Waals surface area contributed by atoms with E-state index in [1.165, 1.54) is 6.21 Å². The fourth-order valence-electron chi connectivity index (χ4n) is 2.82. The number of aryl methyl sites for hydroxylation is 1. The van der Waals surface area contributed by atoms with Crippen LogP contribution in [-0.2, 0) is 0 Å². The van der Waals surface area contributed by atoms with E-state index in [-0.39, 0.29) is 5.56 Å². The first kappa shape index (κ1) is 16.5. The number of aromatic nitrogens is 4. The third-order valence-corrected chi connectivity index (χ3v) is 4.06. The molecule has 0 radical (unpaired) electrons. The van der Waals surface area contributed by atoms with Crippen molar-refractivity contribution in [3.63, 3.8) is 0 Å². The highest BCUT2D eigenvalue weighted by molar-refractivity contribution is 5.86. The van der Waals surface area contributed by atoms with Gasteiger partial charge >= 0.3 is 5.69 Å². The van der Waals surface area contributed by atoms with E-state index in [1.807, 2.05) is 6.92 Å². The maximum absolute atomic E-state index is 12.1. The number of benzene rings is 2. The van der Waals surface area contributed by atoms with Crippen molar-refractivity contribution in [2.75, 3.05) is 0 Å². The summed E-state index contributed by atoms with van der Waals surface area (Å²) in [5, 5.41) is 10.5. The standard InChI is InChI=1S/C19H15N5O3/c1-11-21-15-8-7-12(9-16(15)22-11)20-10-14-17(25)23-19(27)24(18(14)26)13-5-3-2-4-6-13/h2-10,26H,1H3,(H,21,22)(H,23,25,27). The first-order valence-electron chi connectivity index (χ1n) is 8.17. The molecule has 0 aliphatic carbocycles. The number of imidazole rings is 1. The second-order valence-electron chi connectivity index (χ2n) is 5.95. The monoisotopic (exact) mass is 361 g/mol. The summed E-state index contributed by atoms with van der Waals surface area (Å²) in [5.74, 6) is 0.312. The predicted molar refractivity (Wildman–Crippen MR) is 102 cm³/mol. The normalized spacial score (nSPS) is 11.4. The molecular formula is C19H15N5O3. The fourth-order valence-corrected chi connectivity index (χ4v) is 2.82. The molecule has 134 valence electrons. The van der Waals surface area contributed by atoms with Crippen LogP contribution in [0.5, 0.6) is 5.88 Å². The zero-order chi connectivity index (χ0) is 19.0. The molecule has 4 rings (SSSR count). The average Bonchev–Trinajstić information content (AvgIpc) is 3.01. The summed E-state index contributed by atoms with van der Waals surface area (Å²) in [6.07, 6.45) is 1.23. The van der Waals surface area contributed by atoms with Gasteiger partial charge < -0.3 is 10.1 Å². The van der Waals surface area contributed by atoms with Crippen LogP contribution in [-0.4, -0.2) is 30.8 Å². The van der Waals surface area contributed by atoms with Gasteiger partial charge in [0.1, 0.15) is 11.4 Å². The Morgan fingerprint density at radius 3 is 2.67 bits per heavy atom. The third-order valence-electron chi connectivity index (χ3n) is 4.06. The fraction of sp³-hybridized carbons (Fsp3) is 0.0526. The number of aromatic hydroxyl groups is 1. The van der Waals surface area contributed by atoms with Gasteiger partial charge in [0.2, 0.25) is 5.88 Å². The Hall–Kier alpha value is -3.94. The molecule has 0 saturated carbocycles. The van der Waals surface area contributed by atoms with E-state index in [0.29, 0.717) is 11.4 Å². The van der Waals surface area contributed by atoms with E-state index in [2.05, 4.69) is 19.9 Å². The minimum absolute atomic E-state index is 0.112. The smallest absolute Gasteiger partial charge is 0.335 e. The Labute approximate surface area is 152 Å².